The standard InChI is InChI=1S/C12H17O/c1-4-5-6-11-10(3)9(2)7-8-12(11)13/h7-8H,4-6H2,1-3H3. The van der Waals surface area contributed by atoms with Crippen LogP contribution in [0.15, 0.2) is 12.1 Å². The Bertz CT molecular complexity index is 289. The molecule has 1 radical (unpaired) electrons. The third kappa shape index (κ3) is 2.24. The van der Waals surface area contributed by atoms with Gasteiger partial charge in [0.1, 0.15) is 0 Å². The zero-order valence-corrected chi connectivity index (χ0v) is 8.68. The van der Waals surface area contributed by atoms with Crippen LogP contribution in [0.2, 0.25) is 0 Å². The van der Waals surface area contributed by atoms with E-state index >= 15 is 0 Å². The highest BCUT2D eigenvalue weighted by Crippen LogP contribution is 2.25. The molecule has 1 nitrogen and oxygen atoms in total. The Morgan fingerprint density at radius 2 is 1.92 bits per heavy atom. The van der Waals surface area contributed by atoms with Crippen molar-refractivity contribution in [2.75, 3.05) is 0 Å². The maximum Gasteiger partial charge on any atom is 0.182 e. The summed E-state index contributed by atoms with van der Waals surface area (Å²) >= 11 is 0. The molecule has 1 heteroatoms. The van der Waals surface area contributed by atoms with Gasteiger partial charge in [0.05, 0.1) is 0 Å². The van der Waals surface area contributed by atoms with E-state index in [0.29, 0.717) is 0 Å². The van der Waals surface area contributed by atoms with Crippen LogP contribution < -0.4 is 0 Å². The first-order chi connectivity index (χ1) is 6.16. The van der Waals surface area contributed by atoms with Gasteiger partial charge >= 0.3 is 0 Å². The Labute approximate surface area is 80.4 Å². The maximum atomic E-state index is 11.5. The van der Waals surface area contributed by atoms with Crippen LogP contribution in [-0.2, 0) is 11.5 Å². The molecule has 1 rings (SSSR count). The van der Waals surface area contributed by atoms with Crippen molar-refractivity contribution < 1.29 is 5.11 Å². The summed E-state index contributed by atoms with van der Waals surface area (Å²) in [5.74, 6) is 0.205. The summed E-state index contributed by atoms with van der Waals surface area (Å²) < 4.78 is 0. The number of rotatable bonds is 3. The van der Waals surface area contributed by atoms with Crippen molar-refractivity contribution in [3.8, 4) is 5.75 Å². The minimum absolute atomic E-state index is 0.205. The van der Waals surface area contributed by atoms with Crippen molar-refractivity contribution in [1.29, 1.82) is 0 Å². The molecular formula is C12H17O. The highest BCUT2D eigenvalue weighted by molar-refractivity contribution is 5.42. The van der Waals surface area contributed by atoms with Crippen LogP contribution in [-0.4, -0.2) is 0 Å². The summed E-state index contributed by atoms with van der Waals surface area (Å²) in [6.45, 7) is 6.25. The first kappa shape index (κ1) is 10.1. The van der Waals surface area contributed by atoms with Crippen LogP contribution in [0.5, 0.6) is 5.75 Å². The zero-order chi connectivity index (χ0) is 9.84. The highest BCUT2D eigenvalue weighted by Gasteiger charge is 2.07. The predicted octanol–water partition coefficient (Wildman–Crippen LogP) is 3.79. The molecule has 0 aromatic heterocycles. The number of unbranched alkanes of at least 4 members (excludes halogenated alkanes) is 1. The third-order valence-electron chi connectivity index (χ3n) is 2.61. The molecule has 0 aliphatic carbocycles. The second-order valence-corrected chi connectivity index (χ2v) is 3.59. The lowest BCUT2D eigenvalue weighted by molar-refractivity contribution is 0.349. The van der Waals surface area contributed by atoms with E-state index in [-0.39, 0.29) is 5.75 Å². The van der Waals surface area contributed by atoms with Crippen molar-refractivity contribution in [2.45, 2.75) is 40.0 Å². The van der Waals surface area contributed by atoms with Gasteiger partial charge in [0.15, 0.2) is 5.75 Å². The summed E-state index contributed by atoms with van der Waals surface area (Å²) in [7, 11) is 0. The Morgan fingerprint density at radius 1 is 1.23 bits per heavy atom. The lowest BCUT2D eigenvalue weighted by atomic mass is 9.98. The van der Waals surface area contributed by atoms with Gasteiger partial charge in [-0.15, -0.1) is 0 Å². The van der Waals surface area contributed by atoms with Crippen molar-refractivity contribution in [2.24, 2.45) is 0 Å². The third-order valence-corrected chi connectivity index (χ3v) is 2.61. The molecule has 13 heavy (non-hydrogen) atoms. The van der Waals surface area contributed by atoms with E-state index in [0.717, 1.165) is 24.8 Å². The van der Waals surface area contributed by atoms with E-state index in [1.807, 2.05) is 13.0 Å². The van der Waals surface area contributed by atoms with Gasteiger partial charge in [-0.2, -0.15) is 0 Å². The van der Waals surface area contributed by atoms with E-state index < -0.39 is 0 Å². The van der Waals surface area contributed by atoms with E-state index in [1.165, 1.54) is 11.1 Å². The zero-order valence-electron chi connectivity index (χ0n) is 8.68. The second-order valence-electron chi connectivity index (χ2n) is 3.59. The van der Waals surface area contributed by atoms with Crippen molar-refractivity contribution >= 4 is 0 Å². The van der Waals surface area contributed by atoms with Gasteiger partial charge in [-0.25, -0.2) is 0 Å². The average Bonchev–Trinajstić information content (AvgIpc) is 2.12. The smallest absolute Gasteiger partial charge is 0.182 e. The molecule has 0 aliphatic rings. The topological polar surface area (TPSA) is 19.9 Å². The summed E-state index contributed by atoms with van der Waals surface area (Å²) in [5.41, 5.74) is 3.42. The van der Waals surface area contributed by atoms with Crippen molar-refractivity contribution in [3.63, 3.8) is 0 Å². The quantitative estimate of drug-likeness (QED) is 0.669. The van der Waals surface area contributed by atoms with Crippen LogP contribution in [0.4, 0.5) is 0 Å². The summed E-state index contributed by atoms with van der Waals surface area (Å²) in [4.78, 5) is 0. The van der Waals surface area contributed by atoms with Gasteiger partial charge in [0.2, 0.25) is 0 Å². The van der Waals surface area contributed by atoms with Crippen molar-refractivity contribution in [3.05, 3.63) is 28.8 Å². The van der Waals surface area contributed by atoms with E-state index in [1.54, 1.807) is 6.07 Å². The second kappa shape index (κ2) is 4.31. The monoisotopic (exact) mass is 177 g/mol. The molecule has 0 bridgehead atoms. The normalized spacial score (nSPS) is 10.4. The molecule has 71 valence electrons. The fourth-order valence-corrected chi connectivity index (χ4v) is 1.51. The molecule has 0 heterocycles. The molecule has 0 amide bonds. The highest BCUT2D eigenvalue weighted by atomic mass is 16.3. The Balaban J connectivity index is 2.96. The molecule has 0 fully saturated rings. The van der Waals surface area contributed by atoms with E-state index in [2.05, 4.69) is 13.8 Å². The van der Waals surface area contributed by atoms with E-state index in [9.17, 15) is 5.11 Å². The maximum absolute atomic E-state index is 11.5. The molecule has 1 aromatic carbocycles. The van der Waals surface area contributed by atoms with Crippen LogP contribution in [0.3, 0.4) is 0 Å². The number of hydrogen-bond donors (Lipinski definition) is 0. The van der Waals surface area contributed by atoms with Crippen LogP contribution in [0.1, 0.15) is 36.5 Å². The molecule has 0 atom stereocenters. The Kier molecular flexibility index (Phi) is 3.35. The van der Waals surface area contributed by atoms with Gasteiger partial charge in [-0.3, -0.25) is 5.11 Å². The fraction of sp³-hybridized carbons (Fsp3) is 0.500. The van der Waals surface area contributed by atoms with Crippen LogP contribution >= 0.6 is 0 Å². The first-order valence-electron chi connectivity index (χ1n) is 4.93. The molecule has 0 N–H and O–H groups in total. The number of aryl methyl sites for hydroxylation is 1. The predicted molar refractivity (Wildman–Crippen MR) is 54.7 cm³/mol. The molecule has 0 unspecified atom stereocenters. The van der Waals surface area contributed by atoms with Crippen LogP contribution in [0.25, 0.3) is 0 Å². The van der Waals surface area contributed by atoms with Gasteiger partial charge < -0.3 is 0 Å². The molecule has 0 aliphatic heterocycles. The summed E-state index contributed by atoms with van der Waals surface area (Å²) in [6, 6.07) is 3.60. The Morgan fingerprint density at radius 3 is 2.54 bits per heavy atom. The van der Waals surface area contributed by atoms with Gasteiger partial charge in [0.25, 0.3) is 0 Å². The van der Waals surface area contributed by atoms with Gasteiger partial charge in [-0.1, -0.05) is 19.4 Å². The minimum Gasteiger partial charge on any atom is -0.290 e. The molecule has 1 aromatic rings. The van der Waals surface area contributed by atoms with Gasteiger partial charge in [0, 0.05) is 5.56 Å². The Hall–Kier alpha value is -0.980. The summed E-state index contributed by atoms with van der Waals surface area (Å²) in [6.07, 6.45) is 3.19. The van der Waals surface area contributed by atoms with Crippen molar-refractivity contribution in [1.82, 2.24) is 0 Å². The number of benzene rings is 1. The van der Waals surface area contributed by atoms with Gasteiger partial charge in [-0.05, 0) is 43.9 Å². The van der Waals surface area contributed by atoms with Crippen LogP contribution in [0, 0.1) is 13.8 Å². The molecular weight excluding hydrogens is 160 g/mol. The number of hydrogen-bond acceptors (Lipinski definition) is 0. The van der Waals surface area contributed by atoms with E-state index in [4.69, 9.17) is 0 Å². The molecule has 0 saturated heterocycles. The molecule has 0 spiro atoms. The average molecular weight is 177 g/mol. The first-order valence-corrected chi connectivity index (χ1v) is 4.93. The fourth-order valence-electron chi connectivity index (χ4n) is 1.51. The minimum atomic E-state index is 0.205. The lowest BCUT2D eigenvalue weighted by Gasteiger charge is -2.08. The lowest BCUT2D eigenvalue weighted by Crippen LogP contribution is -1.92. The largest absolute Gasteiger partial charge is 0.290 e. The molecule has 0 saturated carbocycles. The summed E-state index contributed by atoms with van der Waals surface area (Å²) in [5, 5.41) is 11.5. The SMILES string of the molecule is CCCCc1c([O])ccc(C)c1C.